The van der Waals surface area contributed by atoms with Gasteiger partial charge in [-0.3, -0.25) is 0 Å². The van der Waals surface area contributed by atoms with Gasteiger partial charge in [-0.2, -0.15) is 0 Å². The van der Waals surface area contributed by atoms with Crippen LogP contribution in [0.15, 0.2) is 28.7 Å². The average molecular weight is 300 g/mol. The van der Waals surface area contributed by atoms with Crippen molar-refractivity contribution in [2.75, 3.05) is 6.54 Å². The molecule has 96 valence electrons. The normalized spacial score (nSPS) is 13.0. The zero-order chi connectivity index (χ0) is 12.7. The number of nitrogens with one attached hydrogen (secondary N) is 1. The SMILES string of the molecule is CCC(CNC(C)C)OCc1ccccc1Br. The lowest BCUT2D eigenvalue weighted by atomic mass is 10.2. The first-order valence-corrected chi connectivity index (χ1v) is 7.01. The highest BCUT2D eigenvalue weighted by Gasteiger charge is 2.08. The summed E-state index contributed by atoms with van der Waals surface area (Å²) in [7, 11) is 0. The Labute approximate surface area is 113 Å². The van der Waals surface area contributed by atoms with Gasteiger partial charge in [0.25, 0.3) is 0 Å². The molecule has 0 bridgehead atoms. The molecule has 0 aromatic heterocycles. The van der Waals surface area contributed by atoms with E-state index in [-0.39, 0.29) is 6.10 Å². The number of hydrogen-bond donors (Lipinski definition) is 1. The van der Waals surface area contributed by atoms with Gasteiger partial charge in [0.1, 0.15) is 0 Å². The molecule has 1 unspecified atom stereocenters. The first-order chi connectivity index (χ1) is 8.13. The van der Waals surface area contributed by atoms with Gasteiger partial charge in [0.15, 0.2) is 0 Å². The Hall–Kier alpha value is -0.380. The van der Waals surface area contributed by atoms with E-state index >= 15 is 0 Å². The van der Waals surface area contributed by atoms with Crippen molar-refractivity contribution < 1.29 is 4.74 Å². The van der Waals surface area contributed by atoms with Gasteiger partial charge in [-0.1, -0.05) is 54.9 Å². The molecule has 0 radical (unpaired) electrons. The molecule has 17 heavy (non-hydrogen) atoms. The van der Waals surface area contributed by atoms with Crippen LogP contribution in [0.3, 0.4) is 0 Å². The second-order valence-corrected chi connectivity index (χ2v) is 5.35. The fraction of sp³-hybridized carbons (Fsp3) is 0.571. The molecule has 3 heteroatoms. The van der Waals surface area contributed by atoms with Crippen molar-refractivity contribution in [3.05, 3.63) is 34.3 Å². The minimum Gasteiger partial charge on any atom is -0.372 e. The van der Waals surface area contributed by atoms with Gasteiger partial charge < -0.3 is 10.1 Å². The lowest BCUT2D eigenvalue weighted by molar-refractivity contribution is 0.0370. The van der Waals surface area contributed by atoms with Crippen LogP contribution >= 0.6 is 15.9 Å². The zero-order valence-corrected chi connectivity index (χ0v) is 12.5. The zero-order valence-electron chi connectivity index (χ0n) is 10.9. The van der Waals surface area contributed by atoms with Crippen molar-refractivity contribution in [3.8, 4) is 0 Å². The molecule has 0 fully saturated rings. The summed E-state index contributed by atoms with van der Waals surface area (Å²) in [5, 5.41) is 3.41. The summed E-state index contributed by atoms with van der Waals surface area (Å²) in [5.41, 5.74) is 1.20. The third-order valence-corrected chi connectivity index (χ3v) is 3.42. The lowest BCUT2D eigenvalue weighted by Gasteiger charge is -2.19. The molecule has 1 N–H and O–H groups in total. The van der Waals surface area contributed by atoms with Crippen molar-refractivity contribution in [1.29, 1.82) is 0 Å². The third-order valence-electron chi connectivity index (χ3n) is 2.64. The largest absolute Gasteiger partial charge is 0.372 e. The Morgan fingerprint density at radius 2 is 2.00 bits per heavy atom. The van der Waals surface area contributed by atoms with Gasteiger partial charge in [-0.05, 0) is 18.1 Å². The van der Waals surface area contributed by atoms with Crippen LogP contribution in [0.2, 0.25) is 0 Å². The van der Waals surface area contributed by atoms with E-state index < -0.39 is 0 Å². The van der Waals surface area contributed by atoms with Gasteiger partial charge >= 0.3 is 0 Å². The van der Waals surface area contributed by atoms with Crippen LogP contribution in [0, 0.1) is 0 Å². The molecule has 0 heterocycles. The molecule has 0 saturated heterocycles. The summed E-state index contributed by atoms with van der Waals surface area (Å²) in [5.74, 6) is 0. The van der Waals surface area contributed by atoms with E-state index in [0.717, 1.165) is 17.4 Å². The van der Waals surface area contributed by atoms with Gasteiger partial charge in [-0.25, -0.2) is 0 Å². The summed E-state index contributed by atoms with van der Waals surface area (Å²) in [6.07, 6.45) is 1.31. The third kappa shape index (κ3) is 5.66. The van der Waals surface area contributed by atoms with Gasteiger partial charge in [-0.15, -0.1) is 0 Å². The van der Waals surface area contributed by atoms with Crippen LogP contribution in [-0.2, 0) is 11.3 Å². The van der Waals surface area contributed by atoms with Crippen molar-refractivity contribution >= 4 is 15.9 Å². The van der Waals surface area contributed by atoms with Crippen LogP contribution in [0.4, 0.5) is 0 Å². The van der Waals surface area contributed by atoms with Crippen molar-refractivity contribution in [1.82, 2.24) is 5.32 Å². The van der Waals surface area contributed by atoms with E-state index in [4.69, 9.17) is 4.74 Å². The smallest absolute Gasteiger partial charge is 0.0732 e. The second-order valence-electron chi connectivity index (χ2n) is 4.50. The standard InChI is InChI=1S/C14H22BrNO/c1-4-13(9-16-11(2)3)17-10-12-7-5-6-8-14(12)15/h5-8,11,13,16H,4,9-10H2,1-3H3. The van der Waals surface area contributed by atoms with Crippen molar-refractivity contribution in [3.63, 3.8) is 0 Å². The number of benzene rings is 1. The monoisotopic (exact) mass is 299 g/mol. The minimum absolute atomic E-state index is 0.282. The molecule has 0 aliphatic heterocycles. The molecule has 0 aliphatic carbocycles. The topological polar surface area (TPSA) is 21.3 Å². The predicted molar refractivity (Wildman–Crippen MR) is 76.1 cm³/mol. The first kappa shape index (κ1) is 14.7. The number of halogens is 1. The first-order valence-electron chi connectivity index (χ1n) is 6.21. The van der Waals surface area contributed by atoms with E-state index in [2.05, 4.69) is 48.1 Å². The Morgan fingerprint density at radius 3 is 2.59 bits per heavy atom. The number of ether oxygens (including phenoxy) is 1. The molecule has 0 amide bonds. The Balaban J connectivity index is 2.40. The van der Waals surface area contributed by atoms with Crippen LogP contribution in [0.5, 0.6) is 0 Å². The van der Waals surface area contributed by atoms with Crippen molar-refractivity contribution in [2.24, 2.45) is 0 Å². The van der Waals surface area contributed by atoms with E-state index in [1.54, 1.807) is 0 Å². The predicted octanol–water partition coefficient (Wildman–Crippen LogP) is 3.74. The maximum atomic E-state index is 5.92. The highest BCUT2D eigenvalue weighted by atomic mass is 79.9. The maximum absolute atomic E-state index is 5.92. The van der Waals surface area contributed by atoms with E-state index in [1.165, 1.54) is 5.56 Å². The molecule has 1 rings (SSSR count). The molecule has 0 spiro atoms. The quantitative estimate of drug-likeness (QED) is 0.828. The summed E-state index contributed by atoms with van der Waals surface area (Å²) in [4.78, 5) is 0. The lowest BCUT2D eigenvalue weighted by Crippen LogP contribution is -2.33. The fourth-order valence-electron chi connectivity index (χ4n) is 1.51. The van der Waals surface area contributed by atoms with Gasteiger partial charge in [0.2, 0.25) is 0 Å². The van der Waals surface area contributed by atoms with Gasteiger partial charge in [0, 0.05) is 17.1 Å². The Morgan fingerprint density at radius 1 is 1.29 bits per heavy atom. The maximum Gasteiger partial charge on any atom is 0.0732 e. The molecule has 1 aromatic rings. The van der Waals surface area contributed by atoms with E-state index in [0.29, 0.717) is 12.6 Å². The minimum atomic E-state index is 0.282. The summed E-state index contributed by atoms with van der Waals surface area (Å²) in [6, 6.07) is 8.71. The fourth-order valence-corrected chi connectivity index (χ4v) is 1.91. The molecule has 0 saturated carbocycles. The summed E-state index contributed by atoms with van der Waals surface area (Å²) < 4.78 is 7.03. The average Bonchev–Trinajstić information content (AvgIpc) is 2.31. The molecule has 1 aromatic carbocycles. The van der Waals surface area contributed by atoms with Crippen molar-refractivity contribution in [2.45, 2.75) is 45.9 Å². The van der Waals surface area contributed by atoms with Crippen LogP contribution < -0.4 is 5.32 Å². The Bertz CT molecular complexity index is 328. The molecular weight excluding hydrogens is 278 g/mol. The second kappa shape index (κ2) is 7.85. The molecule has 1 atom stereocenters. The van der Waals surface area contributed by atoms with Crippen LogP contribution in [0.1, 0.15) is 32.8 Å². The molecule has 2 nitrogen and oxygen atoms in total. The highest BCUT2D eigenvalue weighted by molar-refractivity contribution is 9.10. The Kier molecular flexibility index (Phi) is 6.78. The van der Waals surface area contributed by atoms with E-state index in [9.17, 15) is 0 Å². The van der Waals surface area contributed by atoms with Crippen LogP contribution in [0.25, 0.3) is 0 Å². The number of rotatable bonds is 7. The molecular formula is C14H22BrNO. The summed E-state index contributed by atoms with van der Waals surface area (Å²) in [6.45, 7) is 8.05. The number of hydrogen-bond acceptors (Lipinski definition) is 2. The van der Waals surface area contributed by atoms with E-state index in [1.807, 2.05) is 18.2 Å². The summed E-state index contributed by atoms with van der Waals surface area (Å²) >= 11 is 3.53. The van der Waals surface area contributed by atoms with Crippen LogP contribution in [-0.4, -0.2) is 18.7 Å². The highest BCUT2D eigenvalue weighted by Crippen LogP contribution is 2.17. The molecule has 0 aliphatic rings. The van der Waals surface area contributed by atoms with Gasteiger partial charge in [0.05, 0.1) is 12.7 Å².